The summed E-state index contributed by atoms with van der Waals surface area (Å²) in [5.74, 6) is 1.19. The van der Waals surface area contributed by atoms with Crippen molar-refractivity contribution in [1.82, 2.24) is 14.8 Å². The van der Waals surface area contributed by atoms with Gasteiger partial charge in [-0.3, -0.25) is 4.79 Å². The second-order valence-electron chi connectivity index (χ2n) is 8.52. The number of H-pyrrole nitrogens is 1. The SMILES string of the molecule is CCN(CC)CCCN(Cc1cc2cc(OC)c(OC)cc2[nH]c1=O)C(=S)Nc1ccc(C)cc1. The van der Waals surface area contributed by atoms with Crippen LogP contribution in [-0.2, 0) is 6.54 Å². The molecule has 0 atom stereocenters. The van der Waals surface area contributed by atoms with E-state index < -0.39 is 0 Å². The molecule has 0 saturated heterocycles. The van der Waals surface area contributed by atoms with E-state index in [-0.39, 0.29) is 5.56 Å². The predicted molar refractivity (Wildman–Crippen MR) is 148 cm³/mol. The maximum atomic E-state index is 13.0. The molecule has 0 aliphatic carbocycles. The highest BCUT2D eigenvalue weighted by atomic mass is 32.1. The fraction of sp³-hybridized carbons (Fsp3) is 0.407. The summed E-state index contributed by atoms with van der Waals surface area (Å²) in [5.41, 5.74) is 3.31. The number of nitrogens with one attached hydrogen (secondary N) is 2. The van der Waals surface area contributed by atoms with E-state index in [0.717, 1.165) is 43.7 Å². The largest absolute Gasteiger partial charge is 0.493 e. The molecule has 0 unspecified atom stereocenters. The Balaban J connectivity index is 1.86. The van der Waals surface area contributed by atoms with Crippen molar-refractivity contribution in [3.05, 3.63) is 63.9 Å². The Kier molecular flexibility index (Phi) is 9.51. The monoisotopic (exact) mass is 496 g/mol. The first-order valence-corrected chi connectivity index (χ1v) is 12.4. The third kappa shape index (κ3) is 6.96. The van der Waals surface area contributed by atoms with Crippen LogP contribution in [0.15, 0.2) is 47.3 Å². The second-order valence-corrected chi connectivity index (χ2v) is 8.90. The quantitative estimate of drug-likeness (QED) is 0.370. The van der Waals surface area contributed by atoms with Crippen molar-refractivity contribution in [3.63, 3.8) is 0 Å². The number of aromatic amines is 1. The molecule has 0 aliphatic heterocycles. The number of fused-ring (bicyclic) bond motifs is 1. The number of thiocarbonyl (C=S) groups is 1. The summed E-state index contributed by atoms with van der Waals surface area (Å²) in [6.45, 7) is 10.5. The molecule has 3 rings (SSSR count). The Morgan fingerprint density at radius 2 is 1.66 bits per heavy atom. The van der Waals surface area contributed by atoms with Crippen LogP contribution in [0.1, 0.15) is 31.4 Å². The van der Waals surface area contributed by atoms with Crippen LogP contribution < -0.4 is 20.3 Å². The Hall–Kier alpha value is -3.10. The number of anilines is 1. The molecule has 0 aliphatic rings. The van der Waals surface area contributed by atoms with Gasteiger partial charge in [-0.1, -0.05) is 31.5 Å². The van der Waals surface area contributed by atoms with Crippen LogP contribution in [0.4, 0.5) is 5.69 Å². The molecule has 2 aromatic carbocycles. The number of nitrogens with zero attached hydrogens (tertiary/aromatic N) is 2. The van der Waals surface area contributed by atoms with Gasteiger partial charge in [-0.25, -0.2) is 0 Å². The lowest BCUT2D eigenvalue weighted by molar-refractivity contribution is 0.281. The van der Waals surface area contributed by atoms with E-state index >= 15 is 0 Å². The van der Waals surface area contributed by atoms with Crippen LogP contribution in [0, 0.1) is 6.92 Å². The van der Waals surface area contributed by atoms with Gasteiger partial charge in [0.2, 0.25) is 0 Å². The van der Waals surface area contributed by atoms with E-state index in [1.165, 1.54) is 5.56 Å². The van der Waals surface area contributed by atoms with Gasteiger partial charge in [-0.2, -0.15) is 0 Å². The van der Waals surface area contributed by atoms with Crippen molar-refractivity contribution in [2.75, 3.05) is 45.7 Å². The molecule has 1 aromatic heterocycles. The van der Waals surface area contributed by atoms with Crippen LogP contribution in [0.25, 0.3) is 10.9 Å². The summed E-state index contributed by atoms with van der Waals surface area (Å²) in [4.78, 5) is 20.4. The molecule has 0 spiro atoms. The Morgan fingerprint density at radius 3 is 2.29 bits per heavy atom. The minimum atomic E-state index is -0.142. The molecule has 0 fully saturated rings. The van der Waals surface area contributed by atoms with Crippen LogP contribution >= 0.6 is 12.2 Å². The second kappa shape index (κ2) is 12.6. The zero-order chi connectivity index (χ0) is 25.4. The lowest BCUT2D eigenvalue weighted by Gasteiger charge is -2.27. The van der Waals surface area contributed by atoms with E-state index in [9.17, 15) is 4.79 Å². The molecule has 3 aromatic rings. The number of hydrogen-bond donors (Lipinski definition) is 2. The van der Waals surface area contributed by atoms with Crippen molar-refractivity contribution in [2.24, 2.45) is 0 Å². The summed E-state index contributed by atoms with van der Waals surface area (Å²) in [7, 11) is 3.18. The van der Waals surface area contributed by atoms with Crippen LogP contribution in [-0.4, -0.2) is 60.3 Å². The van der Waals surface area contributed by atoms with E-state index in [0.29, 0.717) is 34.2 Å². The fourth-order valence-corrected chi connectivity index (χ4v) is 4.29. The summed E-state index contributed by atoms with van der Waals surface area (Å²) >= 11 is 5.79. The average Bonchev–Trinajstić information content (AvgIpc) is 2.86. The van der Waals surface area contributed by atoms with Gasteiger partial charge in [-0.15, -0.1) is 0 Å². The summed E-state index contributed by atoms with van der Waals surface area (Å²) < 4.78 is 10.8. The van der Waals surface area contributed by atoms with Gasteiger partial charge in [-0.05, 0) is 69.5 Å². The van der Waals surface area contributed by atoms with Gasteiger partial charge in [0.1, 0.15) is 0 Å². The van der Waals surface area contributed by atoms with Gasteiger partial charge in [0.15, 0.2) is 16.6 Å². The zero-order valence-corrected chi connectivity index (χ0v) is 22.1. The van der Waals surface area contributed by atoms with Crippen molar-refractivity contribution in [2.45, 2.75) is 33.7 Å². The summed E-state index contributed by atoms with van der Waals surface area (Å²) in [6, 6.07) is 13.7. The average molecular weight is 497 g/mol. The molecule has 0 bridgehead atoms. The van der Waals surface area contributed by atoms with Crippen LogP contribution in [0.2, 0.25) is 0 Å². The third-order valence-corrected chi connectivity index (χ3v) is 6.53. The highest BCUT2D eigenvalue weighted by molar-refractivity contribution is 7.80. The number of pyridine rings is 1. The Bertz CT molecular complexity index is 1190. The van der Waals surface area contributed by atoms with Gasteiger partial charge in [0.05, 0.1) is 26.3 Å². The molecule has 0 saturated carbocycles. The maximum Gasteiger partial charge on any atom is 0.253 e. The molecule has 2 N–H and O–H groups in total. The van der Waals surface area contributed by atoms with E-state index in [1.807, 2.05) is 36.4 Å². The molecule has 188 valence electrons. The van der Waals surface area contributed by atoms with Crippen LogP contribution in [0.5, 0.6) is 11.5 Å². The van der Waals surface area contributed by atoms with Crippen molar-refractivity contribution >= 4 is 33.9 Å². The van der Waals surface area contributed by atoms with Crippen LogP contribution in [0.3, 0.4) is 0 Å². The van der Waals surface area contributed by atoms with Crippen molar-refractivity contribution < 1.29 is 9.47 Å². The minimum Gasteiger partial charge on any atom is -0.493 e. The van der Waals surface area contributed by atoms with Gasteiger partial charge < -0.3 is 29.6 Å². The van der Waals surface area contributed by atoms with E-state index in [2.05, 4.69) is 40.9 Å². The number of aromatic nitrogens is 1. The maximum absolute atomic E-state index is 13.0. The first-order valence-electron chi connectivity index (χ1n) is 12.0. The minimum absolute atomic E-state index is 0.142. The third-order valence-electron chi connectivity index (χ3n) is 6.17. The molecule has 35 heavy (non-hydrogen) atoms. The number of hydrogen-bond acceptors (Lipinski definition) is 5. The van der Waals surface area contributed by atoms with Crippen molar-refractivity contribution in [1.29, 1.82) is 0 Å². The highest BCUT2D eigenvalue weighted by Gasteiger charge is 2.15. The first kappa shape index (κ1) is 26.5. The molecular formula is C27H36N4O3S. The number of benzene rings is 2. The summed E-state index contributed by atoms with van der Waals surface area (Å²) in [5, 5.41) is 4.81. The fourth-order valence-electron chi connectivity index (χ4n) is 4.02. The van der Waals surface area contributed by atoms with E-state index in [4.69, 9.17) is 21.7 Å². The first-order chi connectivity index (χ1) is 16.9. The number of rotatable bonds is 11. The van der Waals surface area contributed by atoms with Gasteiger partial charge in [0, 0.05) is 29.2 Å². The molecule has 7 nitrogen and oxygen atoms in total. The van der Waals surface area contributed by atoms with E-state index in [1.54, 1.807) is 20.3 Å². The molecule has 0 amide bonds. The lowest BCUT2D eigenvalue weighted by Crippen LogP contribution is -2.38. The number of aryl methyl sites for hydroxylation is 1. The molecule has 8 heteroatoms. The lowest BCUT2D eigenvalue weighted by atomic mass is 10.1. The standard InChI is InChI=1S/C27H36N4O3S/c1-6-30(7-2)13-8-14-31(27(35)28-22-11-9-19(3)10-12-22)18-21-15-20-16-24(33-4)25(34-5)17-23(20)29-26(21)32/h9-12,15-17H,6-8,13-14,18H2,1-5H3,(H,28,35)(H,29,32). The molecular weight excluding hydrogens is 460 g/mol. The number of methoxy groups -OCH3 is 2. The van der Waals surface area contributed by atoms with Gasteiger partial charge >= 0.3 is 0 Å². The highest BCUT2D eigenvalue weighted by Crippen LogP contribution is 2.31. The topological polar surface area (TPSA) is 69.8 Å². The Labute approximate surface area is 213 Å². The smallest absolute Gasteiger partial charge is 0.253 e. The normalized spacial score (nSPS) is 11.0. The zero-order valence-electron chi connectivity index (χ0n) is 21.3. The van der Waals surface area contributed by atoms with Crippen molar-refractivity contribution in [3.8, 4) is 11.5 Å². The Morgan fingerprint density at radius 1 is 1.00 bits per heavy atom. The molecule has 1 heterocycles. The molecule has 0 radical (unpaired) electrons. The van der Waals surface area contributed by atoms with Gasteiger partial charge in [0.25, 0.3) is 5.56 Å². The predicted octanol–water partition coefficient (Wildman–Crippen LogP) is 4.78. The number of ether oxygens (including phenoxy) is 2. The summed E-state index contributed by atoms with van der Waals surface area (Å²) in [6.07, 6.45) is 0.938.